The van der Waals surface area contributed by atoms with Crippen LogP contribution in [0.15, 0.2) is 72.9 Å². The number of carboxylic acids is 1. The van der Waals surface area contributed by atoms with Crippen LogP contribution in [0.4, 0.5) is 8.78 Å². The topological polar surface area (TPSA) is 128 Å². The number of nitrogens with one attached hydrogen (secondary N) is 1. The Morgan fingerprint density at radius 1 is 1.07 bits per heavy atom. The third-order valence-corrected chi connectivity index (χ3v) is 8.16. The molecule has 0 aliphatic heterocycles. The Labute approximate surface area is 255 Å². The van der Waals surface area contributed by atoms with Crippen LogP contribution < -0.4 is 4.74 Å². The van der Waals surface area contributed by atoms with Crippen molar-refractivity contribution in [3.05, 3.63) is 107 Å². The van der Waals surface area contributed by atoms with Gasteiger partial charge in [0.25, 0.3) is 0 Å². The Balaban J connectivity index is 1.55. The third kappa shape index (κ3) is 6.75. The van der Waals surface area contributed by atoms with E-state index in [2.05, 4.69) is 4.98 Å². The number of aliphatic hydroxyl groups is 1. The number of halogens is 2. The zero-order chi connectivity index (χ0) is 31.4. The normalized spacial score (nSPS) is 12.8. The summed E-state index contributed by atoms with van der Waals surface area (Å²) in [6.07, 6.45) is 2.28. The van der Waals surface area contributed by atoms with Crippen molar-refractivity contribution in [2.24, 2.45) is 0 Å². The summed E-state index contributed by atoms with van der Waals surface area (Å²) in [6, 6.07) is 17.7. The molecule has 11 heteroatoms. The molecule has 0 saturated heterocycles. The van der Waals surface area contributed by atoms with Crippen LogP contribution in [0, 0.1) is 18.6 Å². The summed E-state index contributed by atoms with van der Waals surface area (Å²) in [6.45, 7) is 1.72. The molecule has 2 unspecified atom stereocenters. The second kappa shape index (κ2) is 13.5. The number of fused-ring (bicyclic) bond motifs is 1. The lowest BCUT2D eigenvalue weighted by Crippen LogP contribution is -2.15. The molecule has 0 radical (unpaired) electrons. The second-order valence-corrected chi connectivity index (χ2v) is 11.5. The summed E-state index contributed by atoms with van der Waals surface area (Å²) >= 11 is -2.35. The molecule has 0 aliphatic carbocycles. The van der Waals surface area contributed by atoms with Gasteiger partial charge in [0.2, 0.25) is 0 Å². The predicted molar refractivity (Wildman–Crippen MR) is 163 cm³/mol. The minimum absolute atomic E-state index is 0.0159. The number of ether oxygens (including phenoxy) is 1. The Morgan fingerprint density at radius 2 is 1.89 bits per heavy atom. The summed E-state index contributed by atoms with van der Waals surface area (Å²) in [5.41, 5.74) is 4.03. The van der Waals surface area contributed by atoms with E-state index in [1.54, 1.807) is 18.3 Å². The Morgan fingerprint density at radius 3 is 2.64 bits per heavy atom. The van der Waals surface area contributed by atoms with Crippen molar-refractivity contribution in [1.82, 2.24) is 9.55 Å². The van der Waals surface area contributed by atoms with Gasteiger partial charge in [-0.1, -0.05) is 35.3 Å². The van der Waals surface area contributed by atoms with E-state index in [1.165, 1.54) is 24.3 Å². The molecule has 5 aromatic rings. The highest BCUT2D eigenvalue weighted by molar-refractivity contribution is 7.79. The van der Waals surface area contributed by atoms with Crippen molar-refractivity contribution >= 4 is 28.0 Å². The average molecular weight is 622 g/mol. The molecule has 8 nitrogen and oxygen atoms in total. The minimum atomic E-state index is -2.35. The number of H-pyrrole nitrogens is 1. The number of aromatic amines is 1. The van der Waals surface area contributed by atoms with Crippen LogP contribution in [-0.4, -0.2) is 46.9 Å². The van der Waals surface area contributed by atoms with E-state index in [0.717, 1.165) is 16.8 Å². The zero-order valence-electron chi connectivity index (χ0n) is 23.9. The number of hydrogen-bond acceptors (Lipinski definition) is 5. The molecule has 2 atom stereocenters. The molecule has 5 rings (SSSR count). The molecule has 0 spiro atoms. The average Bonchev–Trinajstić information content (AvgIpc) is 3.61. The summed E-state index contributed by atoms with van der Waals surface area (Å²) in [5.74, 6) is -2.35. The highest BCUT2D eigenvalue weighted by Crippen LogP contribution is 2.38. The lowest BCUT2D eigenvalue weighted by atomic mass is 9.98. The summed E-state index contributed by atoms with van der Waals surface area (Å²) in [4.78, 5) is 14.0. The van der Waals surface area contributed by atoms with Gasteiger partial charge in [0.1, 0.15) is 11.6 Å². The number of carbonyl (C=O) groups is 1. The Hall–Kier alpha value is -4.32. The van der Waals surface area contributed by atoms with Gasteiger partial charge in [-0.2, -0.15) is 0 Å². The molecule has 44 heavy (non-hydrogen) atoms. The van der Waals surface area contributed by atoms with Crippen LogP contribution in [-0.2, 0) is 28.7 Å². The van der Waals surface area contributed by atoms with Gasteiger partial charge < -0.3 is 29.1 Å². The van der Waals surface area contributed by atoms with Crippen molar-refractivity contribution in [1.29, 1.82) is 0 Å². The predicted octanol–water partition coefficient (Wildman–Crippen LogP) is 6.43. The van der Waals surface area contributed by atoms with Gasteiger partial charge in [-0.15, -0.1) is 0 Å². The van der Waals surface area contributed by atoms with Gasteiger partial charge in [-0.25, -0.2) is 8.78 Å². The van der Waals surface area contributed by atoms with Crippen LogP contribution in [0.3, 0.4) is 0 Å². The van der Waals surface area contributed by atoms with Crippen molar-refractivity contribution in [3.63, 3.8) is 0 Å². The molecular formula is C33H31F2N2O6S-. The van der Waals surface area contributed by atoms with Crippen molar-refractivity contribution < 1.29 is 37.3 Å². The number of aryl methyl sites for hydroxylation is 3. The molecule has 230 valence electrons. The standard InChI is InChI=1S/C33H32F2N2O6S/c1-20-5-9-31(37(20)30(12-15-38)22-4-2-3-21(17-22)6-10-32(39)40)26-18-23(7-8-27(26)34)43-33-25(13-16-44(41)42)24-11-14-36-29(24)19-28(33)35/h2-5,7-9,11,14,17-19,30,36,38H,6,10,12-13,15-16H2,1H3,(H,39,40)(H,41,42)/p-1. The number of aliphatic carboxylic acids is 1. The number of aliphatic hydroxyl groups excluding tert-OH is 1. The lowest BCUT2D eigenvalue weighted by molar-refractivity contribution is -0.136. The van der Waals surface area contributed by atoms with Gasteiger partial charge in [-0.05, 0) is 73.7 Å². The summed E-state index contributed by atoms with van der Waals surface area (Å²) < 4.78 is 61.4. The third-order valence-electron chi connectivity index (χ3n) is 7.62. The number of hydrogen-bond donors (Lipinski definition) is 3. The number of rotatable bonds is 13. The maximum Gasteiger partial charge on any atom is 0.303 e. The molecular weight excluding hydrogens is 590 g/mol. The minimum Gasteiger partial charge on any atom is -0.772 e. The van der Waals surface area contributed by atoms with E-state index in [1.807, 2.05) is 41.8 Å². The molecule has 3 aromatic carbocycles. The summed E-state index contributed by atoms with van der Waals surface area (Å²) in [5, 5.41) is 19.7. The van der Waals surface area contributed by atoms with Crippen LogP contribution >= 0.6 is 0 Å². The van der Waals surface area contributed by atoms with E-state index in [9.17, 15) is 18.7 Å². The first-order valence-electron chi connectivity index (χ1n) is 14.1. The quantitative estimate of drug-likeness (QED) is 0.130. The fraction of sp³-hybridized carbons (Fsp3) is 0.242. The molecule has 0 amide bonds. The van der Waals surface area contributed by atoms with E-state index < -0.39 is 34.7 Å². The first-order chi connectivity index (χ1) is 21.2. The maximum atomic E-state index is 15.5. The molecule has 0 bridgehead atoms. The SMILES string of the molecule is Cc1ccc(-c2cc(Oc3c(F)cc4[nH]ccc4c3CCS(=O)[O-])ccc2F)n1C(CCO)c1cccc(CCC(=O)O)c1. The largest absolute Gasteiger partial charge is 0.772 e. The number of aromatic nitrogens is 2. The van der Waals surface area contributed by atoms with Crippen molar-refractivity contribution in [3.8, 4) is 22.8 Å². The molecule has 3 N–H and O–H groups in total. The van der Waals surface area contributed by atoms with Crippen LogP contribution in [0.2, 0.25) is 0 Å². The lowest BCUT2D eigenvalue weighted by Gasteiger charge is -2.25. The van der Waals surface area contributed by atoms with Gasteiger partial charge in [-0.3, -0.25) is 9.00 Å². The van der Waals surface area contributed by atoms with Gasteiger partial charge in [0.05, 0.1) is 11.7 Å². The first-order valence-corrected chi connectivity index (χ1v) is 15.3. The smallest absolute Gasteiger partial charge is 0.303 e. The molecule has 0 fully saturated rings. The van der Waals surface area contributed by atoms with Crippen LogP contribution in [0.25, 0.3) is 22.2 Å². The molecule has 0 saturated carbocycles. The van der Waals surface area contributed by atoms with Crippen molar-refractivity contribution in [2.75, 3.05) is 12.4 Å². The van der Waals surface area contributed by atoms with Crippen LogP contribution in [0.1, 0.15) is 41.3 Å². The van der Waals surface area contributed by atoms with Gasteiger partial charge >= 0.3 is 5.97 Å². The monoisotopic (exact) mass is 621 g/mol. The second-order valence-electron chi connectivity index (χ2n) is 10.5. The Bertz CT molecular complexity index is 1830. The van der Waals surface area contributed by atoms with Gasteiger partial charge in [0.15, 0.2) is 11.6 Å². The number of nitrogens with zero attached hydrogens (tertiary/aromatic N) is 1. The molecule has 0 aliphatic rings. The number of benzene rings is 3. The van der Waals surface area contributed by atoms with Crippen molar-refractivity contribution in [2.45, 2.75) is 38.6 Å². The maximum absolute atomic E-state index is 15.5. The van der Waals surface area contributed by atoms with E-state index >= 15 is 8.78 Å². The van der Waals surface area contributed by atoms with Gasteiger partial charge in [0, 0.05) is 58.8 Å². The summed E-state index contributed by atoms with van der Waals surface area (Å²) in [7, 11) is 0. The fourth-order valence-electron chi connectivity index (χ4n) is 5.61. The zero-order valence-corrected chi connectivity index (χ0v) is 24.7. The molecule has 2 aromatic heterocycles. The van der Waals surface area contributed by atoms with E-state index in [4.69, 9.17) is 9.84 Å². The highest BCUT2D eigenvalue weighted by Gasteiger charge is 2.23. The Kier molecular flexibility index (Phi) is 9.58. The molecule has 2 heterocycles. The number of carboxylic acid groups (broad SMARTS) is 1. The fourth-order valence-corrected chi connectivity index (χ4v) is 5.98. The van der Waals surface area contributed by atoms with Crippen LogP contribution in [0.5, 0.6) is 11.5 Å². The van der Waals surface area contributed by atoms with E-state index in [-0.39, 0.29) is 42.3 Å². The van der Waals surface area contributed by atoms with E-state index in [0.29, 0.717) is 35.0 Å². The first kappa shape index (κ1) is 31.1. The highest BCUT2D eigenvalue weighted by atomic mass is 32.2.